The fourth-order valence-electron chi connectivity index (χ4n) is 1.58. The highest BCUT2D eigenvalue weighted by molar-refractivity contribution is 8.13. The van der Waals surface area contributed by atoms with Gasteiger partial charge in [-0.1, -0.05) is 0 Å². The van der Waals surface area contributed by atoms with Gasteiger partial charge in [0, 0.05) is 22.3 Å². The van der Waals surface area contributed by atoms with E-state index in [0.29, 0.717) is 0 Å². The Morgan fingerprint density at radius 1 is 1.11 bits per heavy atom. The molecule has 0 atom stereocenters. The summed E-state index contributed by atoms with van der Waals surface area (Å²) in [7, 11) is 0.798. The molecule has 1 aromatic carbocycles. The number of benzene rings is 1. The Morgan fingerprint density at radius 3 is 1.94 bits per heavy atom. The largest absolute Gasteiger partial charge is 0.283 e. The molecule has 0 aliphatic rings. The van der Waals surface area contributed by atoms with E-state index < -0.39 is 35.2 Å². The van der Waals surface area contributed by atoms with E-state index in [2.05, 4.69) is 0 Å². The lowest BCUT2D eigenvalue weighted by atomic mass is 10.1. The molecule has 10 heteroatoms. The molecule has 0 N–H and O–H groups in total. The average molecular weight is 295 g/mol. The predicted octanol–water partition coefficient (Wildman–Crippen LogP) is 2.05. The first kappa shape index (κ1) is 14.3. The highest BCUT2D eigenvalue weighted by Crippen LogP contribution is 2.36. The van der Waals surface area contributed by atoms with Crippen LogP contribution < -0.4 is 0 Å². The highest BCUT2D eigenvalue weighted by Gasteiger charge is 2.31. The Bertz CT molecular complexity index is 654. The van der Waals surface area contributed by atoms with E-state index in [1.807, 2.05) is 0 Å². The number of nitro benzene ring substituents is 2. The molecule has 1 aromatic rings. The third-order valence-electron chi connectivity index (χ3n) is 2.37. The molecule has 0 aromatic heterocycles. The van der Waals surface area contributed by atoms with Crippen molar-refractivity contribution in [1.29, 1.82) is 0 Å². The van der Waals surface area contributed by atoms with Gasteiger partial charge in [-0.2, -0.15) is 0 Å². The summed E-state index contributed by atoms with van der Waals surface area (Å²) in [4.78, 5) is 19.2. The van der Waals surface area contributed by atoms with Crippen LogP contribution in [0.15, 0.2) is 11.0 Å². The summed E-state index contributed by atoms with van der Waals surface area (Å²) in [6.45, 7) is 2.35. The van der Waals surface area contributed by atoms with Gasteiger partial charge in [-0.15, -0.1) is 0 Å². The van der Waals surface area contributed by atoms with Gasteiger partial charge >= 0.3 is 0 Å². The van der Waals surface area contributed by atoms with Crippen LogP contribution in [0.25, 0.3) is 0 Å². The molecule has 0 aliphatic heterocycles. The van der Waals surface area contributed by atoms with Crippen molar-refractivity contribution in [2.75, 3.05) is 0 Å². The minimum Gasteiger partial charge on any atom is -0.258 e. The van der Waals surface area contributed by atoms with Crippen molar-refractivity contribution >= 4 is 31.1 Å². The van der Waals surface area contributed by atoms with Crippen molar-refractivity contribution in [2.45, 2.75) is 18.7 Å². The second-order valence-electron chi connectivity index (χ2n) is 3.44. The van der Waals surface area contributed by atoms with E-state index in [0.717, 1.165) is 6.07 Å². The topological polar surface area (TPSA) is 120 Å². The van der Waals surface area contributed by atoms with Crippen molar-refractivity contribution in [1.82, 2.24) is 0 Å². The van der Waals surface area contributed by atoms with Crippen molar-refractivity contribution in [2.24, 2.45) is 0 Å². The van der Waals surface area contributed by atoms with Crippen molar-refractivity contribution < 1.29 is 18.3 Å². The number of hydrogen-bond donors (Lipinski definition) is 0. The van der Waals surface area contributed by atoms with Gasteiger partial charge in [0.15, 0.2) is 0 Å². The molecule has 0 unspecified atom stereocenters. The zero-order valence-corrected chi connectivity index (χ0v) is 10.8. The van der Waals surface area contributed by atoms with Crippen LogP contribution in [0.1, 0.15) is 11.1 Å². The maximum atomic E-state index is 11.2. The lowest BCUT2D eigenvalue weighted by molar-refractivity contribution is -0.396. The third kappa shape index (κ3) is 2.41. The monoisotopic (exact) mass is 294 g/mol. The number of nitro groups is 2. The van der Waals surface area contributed by atoms with E-state index in [-0.39, 0.29) is 11.1 Å². The van der Waals surface area contributed by atoms with Crippen LogP contribution in [0, 0.1) is 34.1 Å². The first-order valence-corrected chi connectivity index (χ1v) is 6.76. The Morgan fingerprint density at radius 2 is 1.61 bits per heavy atom. The van der Waals surface area contributed by atoms with Crippen LogP contribution in [0.2, 0.25) is 0 Å². The van der Waals surface area contributed by atoms with Gasteiger partial charge in [0.05, 0.1) is 14.7 Å². The van der Waals surface area contributed by atoms with Crippen molar-refractivity contribution in [3.05, 3.63) is 37.4 Å². The molecule has 0 radical (unpaired) electrons. The molecular formula is C8H7ClN2O6S. The average Bonchev–Trinajstić information content (AvgIpc) is 2.13. The molecule has 0 fully saturated rings. The zero-order valence-electron chi connectivity index (χ0n) is 9.21. The Balaban J connectivity index is 3.90. The lowest BCUT2D eigenvalue weighted by Crippen LogP contribution is -2.05. The summed E-state index contributed by atoms with van der Waals surface area (Å²) in [6, 6.07) is 0.722. The quantitative estimate of drug-likeness (QED) is 0.478. The SMILES string of the molecule is Cc1c([N+](=O)[O-])cc(S(=O)(=O)Cl)c(C)c1[N+](=O)[O-]. The summed E-state index contributed by atoms with van der Waals surface area (Å²) in [5.41, 5.74) is -1.72. The van der Waals surface area contributed by atoms with E-state index in [1.54, 1.807) is 0 Å². The predicted molar refractivity (Wildman–Crippen MR) is 62.3 cm³/mol. The van der Waals surface area contributed by atoms with Crippen LogP contribution in [0.5, 0.6) is 0 Å². The van der Waals surface area contributed by atoms with E-state index in [4.69, 9.17) is 10.7 Å². The molecule has 0 aliphatic carbocycles. The standard InChI is InChI=1S/C8H7ClN2O6S/c1-4-6(10(12)13)3-7(18(9,16)17)5(2)8(4)11(14)15/h3H,1-2H3. The molecule has 1 rings (SSSR count). The van der Waals surface area contributed by atoms with Gasteiger partial charge in [-0.05, 0) is 13.8 Å². The summed E-state index contributed by atoms with van der Waals surface area (Å²) >= 11 is 0. The Hall–Kier alpha value is -1.74. The van der Waals surface area contributed by atoms with Crippen LogP contribution in [0.3, 0.4) is 0 Å². The van der Waals surface area contributed by atoms with E-state index >= 15 is 0 Å². The molecular weight excluding hydrogens is 288 g/mol. The van der Waals surface area contributed by atoms with E-state index in [9.17, 15) is 28.6 Å². The normalized spacial score (nSPS) is 11.3. The number of rotatable bonds is 3. The third-order valence-corrected chi connectivity index (χ3v) is 3.82. The summed E-state index contributed by atoms with van der Waals surface area (Å²) < 4.78 is 22.5. The Kier molecular flexibility index (Phi) is 3.58. The summed E-state index contributed by atoms with van der Waals surface area (Å²) in [5, 5.41) is 21.6. The molecule has 0 saturated carbocycles. The molecule has 8 nitrogen and oxygen atoms in total. The molecule has 0 bridgehead atoms. The second-order valence-corrected chi connectivity index (χ2v) is 5.98. The highest BCUT2D eigenvalue weighted by atomic mass is 35.7. The molecule has 0 amide bonds. The van der Waals surface area contributed by atoms with Crippen LogP contribution in [0.4, 0.5) is 11.4 Å². The fraction of sp³-hybridized carbons (Fsp3) is 0.250. The fourth-order valence-corrected chi connectivity index (χ4v) is 2.77. The first-order valence-electron chi connectivity index (χ1n) is 4.45. The molecule has 0 saturated heterocycles. The lowest BCUT2D eigenvalue weighted by Gasteiger charge is -2.06. The minimum absolute atomic E-state index is 0.216. The first-order chi connectivity index (χ1) is 8.07. The second kappa shape index (κ2) is 4.50. The maximum absolute atomic E-state index is 11.2. The van der Waals surface area contributed by atoms with Gasteiger partial charge < -0.3 is 0 Å². The summed E-state index contributed by atoms with van der Waals surface area (Å²) in [6.07, 6.45) is 0. The molecule has 0 heterocycles. The zero-order chi connectivity index (χ0) is 14.2. The van der Waals surface area contributed by atoms with Crippen LogP contribution in [-0.4, -0.2) is 18.3 Å². The van der Waals surface area contributed by atoms with Gasteiger partial charge in [-0.25, -0.2) is 8.42 Å². The minimum atomic E-state index is -4.30. The molecule has 18 heavy (non-hydrogen) atoms. The summed E-state index contributed by atoms with van der Waals surface area (Å²) in [5.74, 6) is 0. The number of nitrogens with zero attached hydrogens (tertiary/aromatic N) is 2. The van der Waals surface area contributed by atoms with Gasteiger partial charge in [-0.3, -0.25) is 20.2 Å². The van der Waals surface area contributed by atoms with Crippen molar-refractivity contribution in [3.63, 3.8) is 0 Å². The number of halogens is 1. The van der Waals surface area contributed by atoms with Crippen LogP contribution in [-0.2, 0) is 9.05 Å². The van der Waals surface area contributed by atoms with Gasteiger partial charge in [0.2, 0.25) is 0 Å². The number of hydrogen-bond acceptors (Lipinski definition) is 6. The van der Waals surface area contributed by atoms with Crippen LogP contribution >= 0.6 is 10.7 Å². The smallest absolute Gasteiger partial charge is 0.258 e. The van der Waals surface area contributed by atoms with Gasteiger partial charge in [0.1, 0.15) is 5.56 Å². The maximum Gasteiger partial charge on any atom is 0.283 e. The van der Waals surface area contributed by atoms with E-state index in [1.165, 1.54) is 13.8 Å². The van der Waals surface area contributed by atoms with Gasteiger partial charge in [0.25, 0.3) is 20.4 Å². The molecule has 0 spiro atoms. The Labute approximate surface area is 106 Å². The van der Waals surface area contributed by atoms with Crippen molar-refractivity contribution in [3.8, 4) is 0 Å². The molecule has 98 valence electrons.